The zero-order valence-corrected chi connectivity index (χ0v) is 18.0. The Morgan fingerprint density at radius 2 is 1.90 bits per heavy atom. The van der Waals surface area contributed by atoms with E-state index >= 15 is 0 Å². The van der Waals surface area contributed by atoms with E-state index in [1.807, 2.05) is 60.7 Å². The number of hydrogen-bond acceptors (Lipinski definition) is 4. The third-order valence-electron chi connectivity index (χ3n) is 4.93. The minimum Gasteiger partial charge on any atom is -0.491 e. The SMILES string of the molecule is Cc1nn(Cc2ccccc2)c(Cl)c1C(=O)NCCCOc1cccc2cccnc12. The average Bonchev–Trinajstić information content (AvgIpc) is 3.07. The van der Waals surface area contributed by atoms with Gasteiger partial charge in [0.15, 0.2) is 0 Å². The lowest BCUT2D eigenvalue weighted by atomic mass is 10.2. The molecule has 158 valence electrons. The van der Waals surface area contributed by atoms with Crippen molar-refractivity contribution >= 4 is 28.4 Å². The smallest absolute Gasteiger partial charge is 0.256 e. The number of fused-ring (bicyclic) bond motifs is 1. The molecule has 0 fully saturated rings. The second kappa shape index (κ2) is 9.62. The molecule has 0 aliphatic carbocycles. The van der Waals surface area contributed by atoms with Gasteiger partial charge in [0.25, 0.3) is 5.91 Å². The normalized spacial score (nSPS) is 10.9. The maximum absolute atomic E-state index is 12.7. The highest BCUT2D eigenvalue weighted by Gasteiger charge is 2.20. The van der Waals surface area contributed by atoms with Crippen LogP contribution in [0, 0.1) is 6.92 Å². The predicted octanol–water partition coefficient (Wildman–Crippen LogP) is 4.64. The lowest BCUT2D eigenvalue weighted by Crippen LogP contribution is -2.26. The Morgan fingerprint density at radius 3 is 2.74 bits per heavy atom. The van der Waals surface area contributed by atoms with Gasteiger partial charge >= 0.3 is 0 Å². The van der Waals surface area contributed by atoms with Gasteiger partial charge in [-0.05, 0) is 31.0 Å². The quantitative estimate of drug-likeness (QED) is 0.410. The lowest BCUT2D eigenvalue weighted by molar-refractivity contribution is 0.0951. The molecule has 0 aliphatic rings. The number of aromatic nitrogens is 3. The number of rotatable bonds is 8. The monoisotopic (exact) mass is 434 g/mol. The van der Waals surface area contributed by atoms with Crippen LogP contribution in [0.1, 0.15) is 28.0 Å². The fourth-order valence-corrected chi connectivity index (χ4v) is 3.73. The highest BCUT2D eigenvalue weighted by molar-refractivity contribution is 6.33. The molecule has 2 aromatic heterocycles. The number of amides is 1. The zero-order valence-electron chi connectivity index (χ0n) is 17.2. The molecule has 0 aliphatic heterocycles. The van der Waals surface area contributed by atoms with Crippen LogP contribution in [0.4, 0.5) is 0 Å². The average molecular weight is 435 g/mol. The van der Waals surface area contributed by atoms with Crippen molar-refractivity contribution in [3.8, 4) is 5.75 Å². The van der Waals surface area contributed by atoms with Gasteiger partial charge in [0.2, 0.25) is 0 Å². The Balaban J connectivity index is 1.31. The number of carbonyl (C=O) groups is 1. The van der Waals surface area contributed by atoms with Crippen LogP contribution in [-0.4, -0.2) is 33.8 Å². The maximum Gasteiger partial charge on any atom is 0.256 e. The van der Waals surface area contributed by atoms with Crippen molar-refractivity contribution in [2.75, 3.05) is 13.2 Å². The summed E-state index contributed by atoms with van der Waals surface area (Å²) in [6.07, 6.45) is 2.41. The van der Waals surface area contributed by atoms with Gasteiger partial charge in [-0.25, -0.2) is 4.68 Å². The third-order valence-corrected chi connectivity index (χ3v) is 5.31. The topological polar surface area (TPSA) is 69.0 Å². The maximum atomic E-state index is 12.7. The first-order chi connectivity index (χ1) is 15.1. The third kappa shape index (κ3) is 4.86. The highest BCUT2D eigenvalue weighted by Crippen LogP contribution is 2.23. The summed E-state index contributed by atoms with van der Waals surface area (Å²) in [5, 5.41) is 8.72. The molecule has 1 N–H and O–H groups in total. The Morgan fingerprint density at radius 1 is 1.10 bits per heavy atom. The lowest BCUT2D eigenvalue weighted by Gasteiger charge is -2.09. The Kier molecular flexibility index (Phi) is 6.48. The number of ether oxygens (including phenoxy) is 1. The van der Waals surface area contributed by atoms with Crippen molar-refractivity contribution in [3.63, 3.8) is 0 Å². The molecule has 0 spiro atoms. The Labute approximate surface area is 185 Å². The summed E-state index contributed by atoms with van der Waals surface area (Å²) in [5.41, 5.74) is 2.93. The van der Waals surface area contributed by atoms with Crippen LogP contribution < -0.4 is 10.1 Å². The molecule has 7 heteroatoms. The number of hydrogen-bond donors (Lipinski definition) is 1. The molecule has 1 amide bonds. The molecule has 0 unspecified atom stereocenters. The molecule has 2 aromatic carbocycles. The number of pyridine rings is 1. The van der Waals surface area contributed by atoms with Gasteiger partial charge in [-0.15, -0.1) is 0 Å². The van der Waals surface area contributed by atoms with E-state index in [1.54, 1.807) is 17.8 Å². The Hall–Kier alpha value is -3.38. The van der Waals surface area contributed by atoms with Gasteiger partial charge in [-0.3, -0.25) is 9.78 Å². The highest BCUT2D eigenvalue weighted by atomic mass is 35.5. The molecule has 6 nitrogen and oxygen atoms in total. The Bertz CT molecular complexity index is 1190. The van der Waals surface area contributed by atoms with Gasteiger partial charge < -0.3 is 10.1 Å². The van der Waals surface area contributed by atoms with Crippen LogP contribution in [0.25, 0.3) is 10.9 Å². The van der Waals surface area contributed by atoms with E-state index in [0.717, 1.165) is 22.2 Å². The molecule has 31 heavy (non-hydrogen) atoms. The molecular weight excluding hydrogens is 412 g/mol. The van der Waals surface area contributed by atoms with Crippen molar-refractivity contribution in [3.05, 3.63) is 88.8 Å². The first-order valence-electron chi connectivity index (χ1n) is 10.1. The number of benzene rings is 2. The van der Waals surface area contributed by atoms with Gasteiger partial charge in [0.1, 0.15) is 16.4 Å². The first kappa shape index (κ1) is 20.9. The fourth-order valence-electron chi connectivity index (χ4n) is 3.41. The van der Waals surface area contributed by atoms with Crippen LogP contribution in [0.15, 0.2) is 66.9 Å². The van der Waals surface area contributed by atoms with E-state index in [0.29, 0.717) is 42.5 Å². The van der Waals surface area contributed by atoms with Crippen molar-refractivity contribution in [2.45, 2.75) is 19.9 Å². The van der Waals surface area contributed by atoms with Gasteiger partial charge in [-0.2, -0.15) is 5.10 Å². The molecule has 0 radical (unpaired) electrons. The second-order valence-electron chi connectivity index (χ2n) is 7.18. The summed E-state index contributed by atoms with van der Waals surface area (Å²) >= 11 is 6.46. The minimum absolute atomic E-state index is 0.228. The second-order valence-corrected chi connectivity index (χ2v) is 7.54. The number of nitrogens with zero attached hydrogens (tertiary/aromatic N) is 3. The number of nitrogens with one attached hydrogen (secondary N) is 1. The fraction of sp³-hybridized carbons (Fsp3) is 0.208. The summed E-state index contributed by atoms with van der Waals surface area (Å²) in [7, 11) is 0. The summed E-state index contributed by atoms with van der Waals surface area (Å²) < 4.78 is 7.52. The first-order valence-corrected chi connectivity index (χ1v) is 10.5. The largest absolute Gasteiger partial charge is 0.491 e. The number of aryl methyl sites for hydroxylation is 1. The molecule has 0 saturated heterocycles. The van der Waals surface area contributed by atoms with Crippen molar-refractivity contribution in [1.29, 1.82) is 0 Å². The van der Waals surface area contributed by atoms with Crippen LogP contribution in [0.5, 0.6) is 5.75 Å². The van der Waals surface area contributed by atoms with E-state index < -0.39 is 0 Å². The molecule has 0 atom stereocenters. The van der Waals surface area contributed by atoms with Gasteiger partial charge in [0.05, 0.1) is 24.4 Å². The predicted molar refractivity (Wildman–Crippen MR) is 122 cm³/mol. The van der Waals surface area contributed by atoms with E-state index in [-0.39, 0.29) is 5.91 Å². The van der Waals surface area contributed by atoms with Gasteiger partial charge in [0, 0.05) is 18.1 Å². The molecule has 2 heterocycles. The van der Waals surface area contributed by atoms with Crippen molar-refractivity contribution in [1.82, 2.24) is 20.1 Å². The molecular formula is C24H23ClN4O2. The van der Waals surface area contributed by atoms with Crippen molar-refractivity contribution in [2.24, 2.45) is 0 Å². The number of carbonyl (C=O) groups excluding carboxylic acids is 1. The summed E-state index contributed by atoms with van der Waals surface area (Å²) in [5.74, 6) is 0.513. The van der Waals surface area contributed by atoms with Gasteiger partial charge in [-0.1, -0.05) is 60.1 Å². The zero-order chi connectivity index (χ0) is 21.6. The summed E-state index contributed by atoms with van der Waals surface area (Å²) in [6.45, 7) is 3.24. The minimum atomic E-state index is -0.228. The molecule has 4 aromatic rings. The van der Waals surface area contributed by atoms with E-state index in [2.05, 4.69) is 15.4 Å². The van der Waals surface area contributed by atoms with E-state index in [4.69, 9.17) is 16.3 Å². The summed E-state index contributed by atoms with van der Waals surface area (Å²) in [4.78, 5) is 17.0. The standard InChI is InChI=1S/C24H23ClN4O2/c1-17-21(23(25)29(28-17)16-18-8-3-2-4-9-18)24(30)27-14-7-15-31-20-12-5-10-19-11-6-13-26-22(19)20/h2-6,8-13H,7,14-16H2,1H3,(H,27,30). The number of para-hydroxylation sites is 1. The molecule has 4 rings (SSSR count). The van der Waals surface area contributed by atoms with Crippen molar-refractivity contribution < 1.29 is 9.53 Å². The summed E-state index contributed by atoms with van der Waals surface area (Å²) in [6, 6.07) is 19.6. The van der Waals surface area contributed by atoms with Crippen LogP contribution in [-0.2, 0) is 6.54 Å². The van der Waals surface area contributed by atoms with Crippen LogP contribution in [0.2, 0.25) is 5.15 Å². The molecule has 0 saturated carbocycles. The van der Waals surface area contributed by atoms with E-state index in [1.165, 1.54) is 0 Å². The van der Waals surface area contributed by atoms with Crippen LogP contribution >= 0.6 is 11.6 Å². The van der Waals surface area contributed by atoms with E-state index in [9.17, 15) is 4.79 Å². The van der Waals surface area contributed by atoms with Crippen LogP contribution in [0.3, 0.4) is 0 Å². The number of halogens is 1. The molecule has 0 bridgehead atoms.